The second-order valence-corrected chi connectivity index (χ2v) is 5.47. The highest BCUT2D eigenvalue weighted by atomic mass is 32.1. The summed E-state index contributed by atoms with van der Waals surface area (Å²) in [6, 6.07) is 5.98. The molecule has 2 aromatic heterocycles. The van der Waals surface area contributed by atoms with E-state index >= 15 is 0 Å². The molecule has 5 heteroatoms. The Hall–Kier alpha value is -1.72. The van der Waals surface area contributed by atoms with Crippen LogP contribution in [0, 0.1) is 12.7 Å². The van der Waals surface area contributed by atoms with Gasteiger partial charge in [-0.1, -0.05) is 0 Å². The minimum absolute atomic E-state index is 0.263. The Morgan fingerprint density at radius 3 is 3.00 bits per heavy atom. The third-order valence-corrected chi connectivity index (χ3v) is 3.91. The molecule has 3 nitrogen and oxygen atoms in total. The number of furan rings is 1. The summed E-state index contributed by atoms with van der Waals surface area (Å²) in [6.07, 6.45) is 0.626. The fourth-order valence-electron chi connectivity index (χ4n) is 2.00. The molecule has 0 spiro atoms. The Labute approximate surface area is 113 Å². The predicted octanol–water partition coefficient (Wildman–Crippen LogP) is 3.58. The van der Waals surface area contributed by atoms with Gasteiger partial charge in [0.2, 0.25) is 0 Å². The van der Waals surface area contributed by atoms with Crippen molar-refractivity contribution in [2.24, 2.45) is 5.73 Å². The summed E-state index contributed by atoms with van der Waals surface area (Å²) >= 11 is 1.59. The first-order chi connectivity index (χ1) is 9.11. The first-order valence-electron chi connectivity index (χ1n) is 5.97. The standard InChI is InChI=1S/C14H13FN2OS/c1-8-7-19-14(17-8)6-11(16)13-5-9-4-10(15)2-3-12(9)18-13/h2-5,7,11H,6,16H2,1H3. The number of rotatable bonds is 3. The van der Waals surface area contributed by atoms with E-state index in [1.807, 2.05) is 12.3 Å². The molecule has 0 saturated heterocycles. The largest absolute Gasteiger partial charge is 0.459 e. The lowest BCUT2D eigenvalue weighted by Crippen LogP contribution is -2.12. The Morgan fingerprint density at radius 2 is 2.26 bits per heavy atom. The van der Waals surface area contributed by atoms with Crippen molar-refractivity contribution in [2.45, 2.75) is 19.4 Å². The van der Waals surface area contributed by atoms with Crippen molar-refractivity contribution in [3.63, 3.8) is 0 Å². The van der Waals surface area contributed by atoms with Gasteiger partial charge in [0.15, 0.2) is 0 Å². The Balaban J connectivity index is 1.86. The van der Waals surface area contributed by atoms with Gasteiger partial charge in [-0.05, 0) is 31.2 Å². The summed E-state index contributed by atoms with van der Waals surface area (Å²) in [6.45, 7) is 1.95. The number of nitrogens with zero attached hydrogens (tertiary/aromatic N) is 1. The molecule has 2 heterocycles. The lowest BCUT2D eigenvalue weighted by molar-refractivity contribution is 0.493. The third-order valence-electron chi connectivity index (χ3n) is 2.92. The maximum atomic E-state index is 13.1. The highest BCUT2D eigenvalue weighted by molar-refractivity contribution is 7.09. The molecule has 19 heavy (non-hydrogen) atoms. The van der Waals surface area contributed by atoms with Crippen LogP contribution < -0.4 is 5.73 Å². The summed E-state index contributed by atoms with van der Waals surface area (Å²) in [5.74, 6) is 0.387. The fraction of sp³-hybridized carbons (Fsp3) is 0.214. The minimum Gasteiger partial charge on any atom is -0.459 e. The van der Waals surface area contributed by atoms with Gasteiger partial charge >= 0.3 is 0 Å². The van der Waals surface area contributed by atoms with Crippen LogP contribution in [-0.2, 0) is 6.42 Å². The molecule has 3 rings (SSSR count). The summed E-state index contributed by atoms with van der Waals surface area (Å²) in [5, 5.41) is 3.72. The van der Waals surface area contributed by atoms with Gasteiger partial charge in [0.1, 0.15) is 17.2 Å². The van der Waals surface area contributed by atoms with Crippen LogP contribution in [0.4, 0.5) is 4.39 Å². The van der Waals surface area contributed by atoms with Gasteiger partial charge in [-0.3, -0.25) is 0 Å². The maximum Gasteiger partial charge on any atom is 0.134 e. The van der Waals surface area contributed by atoms with E-state index in [4.69, 9.17) is 10.2 Å². The van der Waals surface area contributed by atoms with E-state index < -0.39 is 0 Å². The van der Waals surface area contributed by atoms with E-state index in [1.165, 1.54) is 12.1 Å². The molecule has 98 valence electrons. The van der Waals surface area contributed by atoms with E-state index in [2.05, 4.69) is 4.98 Å². The SMILES string of the molecule is Cc1csc(CC(N)c2cc3cc(F)ccc3o2)n1. The number of benzene rings is 1. The number of nitrogens with two attached hydrogens (primary N) is 1. The van der Waals surface area contributed by atoms with Crippen molar-refractivity contribution in [2.75, 3.05) is 0 Å². The molecule has 2 N–H and O–H groups in total. The van der Waals surface area contributed by atoms with E-state index in [-0.39, 0.29) is 11.9 Å². The van der Waals surface area contributed by atoms with Gasteiger partial charge in [0.05, 0.1) is 11.0 Å². The summed E-state index contributed by atoms with van der Waals surface area (Å²) in [4.78, 5) is 4.38. The average molecular weight is 276 g/mol. The number of hydrogen-bond acceptors (Lipinski definition) is 4. The third kappa shape index (κ3) is 2.52. The van der Waals surface area contributed by atoms with E-state index in [1.54, 1.807) is 23.5 Å². The van der Waals surface area contributed by atoms with Crippen molar-refractivity contribution in [3.05, 3.63) is 51.9 Å². The van der Waals surface area contributed by atoms with Crippen LogP contribution in [0.15, 0.2) is 34.1 Å². The number of aromatic nitrogens is 1. The molecule has 0 aliphatic carbocycles. The highest BCUT2D eigenvalue weighted by Gasteiger charge is 2.14. The first-order valence-corrected chi connectivity index (χ1v) is 6.85. The quantitative estimate of drug-likeness (QED) is 0.795. The van der Waals surface area contributed by atoms with Crippen LogP contribution >= 0.6 is 11.3 Å². The van der Waals surface area contributed by atoms with Crippen LogP contribution in [-0.4, -0.2) is 4.98 Å². The lowest BCUT2D eigenvalue weighted by Gasteiger charge is -2.05. The molecule has 1 unspecified atom stereocenters. The van der Waals surface area contributed by atoms with E-state index in [0.717, 1.165) is 16.1 Å². The topological polar surface area (TPSA) is 52.0 Å². The summed E-state index contributed by atoms with van der Waals surface area (Å²) in [7, 11) is 0. The van der Waals surface area contributed by atoms with Gasteiger partial charge in [-0.25, -0.2) is 9.37 Å². The molecule has 0 fully saturated rings. The molecule has 1 aromatic carbocycles. The van der Waals surface area contributed by atoms with Gasteiger partial charge < -0.3 is 10.2 Å². The number of hydrogen-bond donors (Lipinski definition) is 1. The highest BCUT2D eigenvalue weighted by Crippen LogP contribution is 2.26. The van der Waals surface area contributed by atoms with Crippen LogP contribution in [0.3, 0.4) is 0 Å². The monoisotopic (exact) mass is 276 g/mol. The zero-order valence-electron chi connectivity index (χ0n) is 10.4. The van der Waals surface area contributed by atoms with Crippen molar-refractivity contribution in [1.29, 1.82) is 0 Å². The predicted molar refractivity (Wildman–Crippen MR) is 73.7 cm³/mol. The number of fused-ring (bicyclic) bond motifs is 1. The van der Waals surface area contributed by atoms with Gasteiger partial charge in [0.25, 0.3) is 0 Å². The normalized spacial score (nSPS) is 13.0. The molecule has 0 aliphatic heterocycles. The Kier molecular flexibility index (Phi) is 3.08. The number of thiazole rings is 1. The molecular formula is C14H13FN2OS. The zero-order valence-corrected chi connectivity index (χ0v) is 11.2. The number of aryl methyl sites for hydroxylation is 1. The van der Waals surface area contributed by atoms with E-state index in [9.17, 15) is 4.39 Å². The molecular weight excluding hydrogens is 263 g/mol. The molecule has 0 bridgehead atoms. The first kappa shape index (κ1) is 12.3. The fourth-order valence-corrected chi connectivity index (χ4v) is 2.83. The van der Waals surface area contributed by atoms with Crippen LogP contribution in [0.2, 0.25) is 0 Å². The van der Waals surface area contributed by atoms with Crippen LogP contribution in [0.25, 0.3) is 11.0 Å². The summed E-state index contributed by atoms with van der Waals surface area (Å²) in [5.41, 5.74) is 7.77. The summed E-state index contributed by atoms with van der Waals surface area (Å²) < 4.78 is 18.8. The maximum absolute atomic E-state index is 13.1. The second-order valence-electron chi connectivity index (χ2n) is 4.52. The molecule has 0 saturated carbocycles. The molecule has 0 amide bonds. The molecule has 0 aliphatic rings. The van der Waals surface area contributed by atoms with Gasteiger partial charge in [-0.15, -0.1) is 11.3 Å². The minimum atomic E-state index is -0.274. The zero-order chi connectivity index (χ0) is 13.4. The van der Waals surface area contributed by atoms with Gasteiger partial charge in [-0.2, -0.15) is 0 Å². The van der Waals surface area contributed by atoms with Crippen molar-refractivity contribution < 1.29 is 8.81 Å². The number of halogens is 1. The van der Waals surface area contributed by atoms with Crippen molar-refractivity contribution >= 4 is 22.3 Å². The lowest BCUT2D eigenvalue weighted by atomic mass is 10.1. The molecule has 3 aromatic rings. The Morgan fingerprint density at radius 1 is 1.42 bits per heavy atom. The van der Waals surface area contributed by atoms with Crippen molar-refractivity contribution in [1.82, 2.24) is 4.98 Å². The second kappa shape index (κ2) is 4.75. The molecule has 1 atom stereocenters. The molecule has 0 radical (unpaired) electrons. The average Bonchev–Trinajstić information content (AvgIpc) is 2.95. The Bertz CT molecular complexity index is 719. The van der Waals surface area contributed by atoms with Gasteiger partial charge in [0, 0.05) is 22.9 Å². The van der Waals surface area contributed by atoms with E-state index in [0.29, 0.717) is 17.8 Å². The van der Waals surface area contributed by atoms with Crippen LogP contribution in [0.1, 0.15) is 22.5 Å². The smallest absolute Gasteiger partial charge is 0.134 e. The van der Waals surface area contributed by atoms with Crippen molar-refractivity contribution in [3.8, 4) is 0 Å². The van der Waals surface area contributed by atoms with Crippen LogP contribution in [0.5, 0.6) is 0 Å².